The molecule has 0 spiro atoms. The van der Waals surface area contributed by atoms with Gasteiger partial charge >= 0.3 is 0 Å². The predicted molar refractivity (Wildman–Crippen MR) is 123 cm³/mol. The van der Waals surface area contributed by atoms with Gasteiger partial charge in [0.1, 0.15) is 0 Å². The highest BCUT2D eigenvalue weighted by molar-refractivity contribution is 9.10. The first kappa shape index (κ1) is 22.6. The fourth-order valence-corrected chi connectivity index (χ4v) is 4.63. The fraction of sp³-hybridized carbons (Fsp3) is 0.478. The number of halogens is 1. The number of aromatic amines is 1. The van der Waals surface area contributed by atoms with Gasteiger partial charge in [-0.05, 0) is 58.2 Å². The predicted octanol–water partition coefficient (Wildman–Crippen LogP) is 4.00. The number of carbonyl (C=O) groups is 1. The molecule has 2 N–H and O–H groups in total. The molecule has 7 heteroatoms. The number of rotatable bonds is 6. The van der Waals surface area contributed by atoms with E-state index in [0.29, 0.717) is 17.2 Å². The molecule has 30 heavy (non-hydrogen) atoms. The minimum Gasteiger partial charge on any atom is -0.381 e. The molecule has 0 atom stereocenters. The Hall–Kier alpha value is -2.12. The number of amides is 1. The third-order valence-electron chi connectivity index (χ3n) is 5.78. The molecule has 0 radical (unpaired) electrons. The van der Waals surface area contributed by atoms with Crippen LogP contribution in [0, 0.1) is 20.8 Å². The summed E-state index contributed by atoms with van der Waals surface area (Å²) in [6, 6.07) is 5.89. The largest absolute Gasteiger partial charge is 0.381 e. The van der Waals surface area contributed by atoms with Gasteiger partial charge in [0.05, 0.1) is 0 Å². The second-order valence-corrected chi connectivity index (χ2v) is 8.75. The SMILES string of the molecule is CCN(c1cc(Br)cc(C(=O)NCc2c(C)[nH]c(C)cc2=O)c1C)C1CCOCC1. The van der Waals surface area contributed by atoms with Crippen LogP contribution in [-0.4, -0.2) is 36.7 Å². The van der Waals surface area contributed by atoms with Crippen molar-refractivity contribution in [2.24, 2.45) is 0 Å². The summed E-state index contributed by atoms with van der Waals surface area (Å²) in [6.07, 6.45) is 1.97. The quantitative estimate of drug-likeness (QED) is 0.661. The first-order chi connectivity index (χ1) is 14.3. The highest BCUT2D eigenvalue weighted by atomic mass is 79.9. The number of H-pyrrole nitrogens is 1. The molecule has 6 nitrogen and oxygen atoms in total. The average molecular weight is 476 g/mol. The number of carbonyl (C=O) groups excluding carboxylic acids is 1. The molecule has 2 heterocycles. The third-order valence-corrected chi connectivity index (χ3v) is 6.24. The van der Waals surface area contributed by atoms with Crippen LogP contribution in [0.5, 0.6) is 0 Å². The molecule has 1 aliphatic rings. The number of nitrogens with one attached hydrogen (secondary N) is 2. The van der Waals surface area contributed by atoms with Crippen molar-refractivity contribution in [2.75, 3.05) is 24.7 Å². The number of nitrogens with zero attached hydrogens (tertiary/aromatic N) is 1. The second-order valence-electron chi connectivity index (χ2n) is 7.83. The lowest BCUT2D eigenvalue weighted by Gasteiger charge is -2.36. The minimum absolute atomic E-state index is 0.0626. The summed E-state index contributed by atoms with van der Waals surface area (Å²) in [6.45, 7) is 10.4. The van der Waals surface area contributed by atoms with Gasteiger partial charge < -0.3 is 19.9 Å². The molecule has 1 saturated heterocycles. The van der Waals surface area contributed by atoms with Gasteiger partial charge in [-0.15, -0.1) is 0 Å². The van der Waals surface area contributed by atoms with Crippen LogP contribution in [-0.2, 0) is 11.3 Å². The summed E-state index contributed by atoms with van der Waals surface area (Å²) in [5.74, 6) is -0.183. The molecular formula is C23H30BrN3O3. The molecule has 162 valence electrons. The van der Waals surface area contributed by atoms with Crippen LogP contribution in [0.3, 0.4) is 0 Å². The Morgan fingerprint density at radius 1 is 1.23 bits per heavy atom. The van der Waals surface area contributed by atoms with E-state index in [1.165, 1.54) is 0 Å². The van der Waals surface area contributed by atoms with Crippen LogP contribution in [0.2, 0.25) is 0 Å². The Balaban J connectivity index is 1.85. The molecule has 3 rings (SSSR count). The summed E-state index contributed by atoms with van der Waals surface area (Å²) in [5, 5.41) is 2.93. The first-order valence-corrected chi connectivity index (χ1v) is 11.2. The van der Waals surface area contributed by atoms with Gasteiger partial charge in [0.15, 0.2) is 5.43 Å². The van der Waals surface area contributed by atoms with E-state index in [9.17, 15) is 9.59 Å². The lowest BCUT2D eigenvalue weighted by molar-refractivity contribution is 0.0845. The van der Waals surface area contributed by atoms with Crippen LogP contribution in [0.25, 0.3) is 0 Å². The van der Waals surface area contributed by atoms with E-state index in [0.717, 1.165) is 59.7 Å². The Labute approximate surface area is 186 Å². The maximum atomic E-state index is 13.0. The first-order valence-electron chi connectivity index (χ1n) is 10.4. The molecule has 1 amide bonds. The maximum Gasteiger partial charge on any atom is 0.251 e. The Morgan fingerprint density at radius 3 is 2.57 bits per heavy atom. The standard InChI is InChI=1S/C23H30BrN3O3/c1-5-27(18-6-8-30-9-7-18)21-12-17(24)11-19(15(21)3)23(29)25-13-20-16(4)26-14(2)10-22(20)28/h10-12,18H,5-9,13H2,1-4H3,(H,25,29)(H,26,28). The molecule has 0 saturated carbocycles. The van der Waals surface area contributed by atoms with Crippen LogP contribution < -0.4 is 15.6 Å². The minimum atomic E-state index is -0.183. The summed E-state index contributed by atoms with van der Waals surface area (Å²) < 4.78 is 6.38. The Bertz CT molecular complexity index is 980. The van der Waals surface area contributed by atoms with Gasteiger partial charge in [-0.3, -0.25) is 9.59 Å². The molecule has 0 aliphatic carbocycles. The van der Waals surface area contributed by atoms with Gasteiger partial charge in [-0.1, -0.05) is 15.9 Å². The molecule has 0 unspecified atom stereocenters. The molecule has 0 bridgehead atoms. The zero-order valence-corrected chi connectivity index (χ0v) is 19.7. The third kappa shape index (κ3) is 4.95. The van der Waals surface area contributed by atoms with E-state index >= 15 is 0 Å². The monoisotopic (exact) mass is 475 g/mol. The van der Waals surface area contributed by atoms with E-state index in [-0.39, 0.29) is 17.9 Å². The van der Waals surface area contributed by atoms with Crippen LogP contribution in [0.15, 0.2) is 27.5 Å². The maximum absolute atomic E-state index is 13.0. The normalized spacial score (nSPS) is 14.6. The van der Waals surface area contributed by atoms with E-state index < -0.39 is 0 Å². The van der Waals surface area contributed by atoms with Crippen molar-refractivity contribution in [1.29, 1.82) is 0 Å². The van der Waals surface area contributed by atoms with Crippen molar-refractivity contribution in [2.45, 2.75) is 53.1 Å². The molecular weight excluding hydrogens is 446 g/mol. The number of aromatic nitrogens is 1. The number of hydrogen-bond acceptors (Lipinski definition) is 4. The van der Waals surface area contributed by atoms with Crippen LogP contribution >= 0.6 is 15.9 Å². The highest BCUT2D eigenvalue weighted by Gasteiger charge is 2.24. The number of pyridine rings is 1. The van der Waals surface area contributed by atoms with E-state index in [2.05, 4.69) is 44.1 Å². The van der Waals surface area contributed by atoms with Gasteiger partial charge in [-0.2, -0.15) is 0 Å². The number of aryl methyl sites for hydroxylation is 2. The van der Waals surface area contributed by atoms with E-state index in [1.54, 1.807) is 6.07 Å². The van der Waals surface area contributed by atoms with Gasteiger partial charge in [0.25, 0.3) is 5.91 Å². The van der Waals surface area contributed by atoms with Crippen LogP contribution in [0.1, 0.15) is 52.6 Å². The Morgan fingerprint density at radius 2 is 1.93 bits per heavy atom. The zero-order chi connectivity index (χ0) is 21.8. The Kier molecular flexibility index (Phi) is 7.36. The summed E-state index contributed by atoms with van der Waals surface area (Å²) >= 11 is 3.58. The number of hydrogen-bond donors (Lipinski definition) is 2. The number of anilines is 1. The number of ether oxygens (including phenoxy) is 1. The second kappa shape index (κ2) is 9.79. The smallest absolute Gasteiger partial charge is 0.251 e. The molecule has 2 aromatic rings. The zero-order valence-electron chi connectivity index (χ0n) is 18.1. The molecule has 1 fully saturated rings. The lowest BCUT2D eigenvalue weighted by Crippen LogP contribution is -2.40. The molecule has 1 aliphatic heterocycles. The van der Waals surface area contributed by atoms with Crippen LogP contribution in [0.4, 0.5) is 5.69 Å². The fourth-order valence-electron chi connectivity index (χ4n) is 4.18. The van der Waals surface area contributed by atoms with Crippen molar-refractivity contribution in [1.82, 2.24) is 10.3 Å². The van der Waals surface area contributed by atoms with Crippen molar-refractivity contribution < 1.29 is 9.53 Å². The molecule has 1 aromatic carbocycles. The number of benzene rings is 1. The topological polar surface area (TPSA) is 74.4 Å². The van der Waals surface area contributed by atoms with Gasteiger partial charge in [0, 0.05) is 71.1 Å². The van der Waals surface area contributed by atoms with E-state index in [1.807, 2.05) is 26.8 Å². The van der Waals surface area contributed by atoms with Crippen molar-refractivity contribution >= 4 is 27.5 Å². The summed E-state index contributed by atoms with van der Waals surface area (Å²) in [7, 11) is 0. The summed E-state index contributed by atoms with van der Waals surface area (Å²) in [4.78, 5) is 30.9. The average Bonchev–Trinajstić information content (AvgIpc) is 2.70. The van der Waals surface area contributed by atoms with E-state index in [4.69, 9.17) is 4.74 Å². The van der Waals surface area contributed by atoms with Crippen molar-refractivity contribution in [3.63, 3.8) is 0 Å². The summed E-state index contributed by atoms with van der Waals surface area (Å²) in [5.41, 5.74) is 4.74. The van der Waals surface area contributed by atoms with Crippen molar-refractivity contribution in [3.05, 3.63) is 61.0 Å². The lowest BCUT2D eigenvalue weighted by atomic mass is 10.0. The van der Waals surface area contributed by atoms with Gasteiger partial charge in [-0.25, -0.2) is 0 Å². The van der Waals surface area contributed by atoms with Gasteiger partial charge in [0.2, 0.25) is 0 Å². The molecule has 1 aromatic heterocycles. The highest BCUT2D eigenvalue weighted by Crippen LogP contribution is 2.31. The van der Waals surface area contributed by atoms with Crippen molar-refractivity contribution in [3.8, 4) is 0 Å².